The lowest BCUT2D eigenvalue weighted by molar-refractivity contribution is 0.177. The number of rotatable bonds is 3. The van der Waals surface area contributed by atoms with Crippen LogP contribution >= 0.6 is 11.6 Å². The Morgan fingerprint density at radius 1 is 1.56 bits per heavy atom. The molecule has 0 fully saturated rings. The fraction of sp³-hybridized carbons (Fsp3) is 0.364. The molecule has 2 N–H and O–H groups in total. The third kappa shape index (κ3) is 1.91. The zero-order valence-corrected chi connectivity index (χ0v) is 10.0. The van der Waals surface area contributed by atoms with E-state index in [2.05, 4.69) is 4.98 Å². The summed E-state index contributed by atoms with van der Waals surface area (Å²) in [7, 11) is 3.55. The van der Waals surface area contributed by atoms with Gasteiger partial charge in [-0.15, -0.1) is 0 Å². The molecule has 1 atom stereocenters. The van der Waals surface area contributed by atoms with E-state index in [4.69, 9.17) is 22.1 Å². The number of hydrogen-bond acceptors (Lipinski definition) is 3. The zero-order valence-electron chi connectivity index (χ0n) is 9.27. The van der Waals surface area contributed by atoms with E-state index in [0.717, 1.165) is 16.9 Å². The lowest BCUT2D eigenvalue weighted by Gasteiger charge is -2.09. The third-order valence-electron chi connectivity index (χ3n) is 2.56. The first-order valence-corrected chi connectivity index (χ1v) is 5.37. The Balaban J connectivity index is 2.51. The summed E-state index contributed by atoms with van der Waals surface area (Å²) in [5.41, 5.74) is 7.84. The molecule has 0 amide bonds. The van der Waals surface area contributed by atoms with Gasteiger partial charge in [0.15, 0.2) is 0 Å². The van der Waals surface area contributed by atoms with Gasteiger partial charge in [-0.25, -0.2) is 4.98 Å². The molecule has 0 aliphatic heterocycles. The van der Waals surface area contributed by atoms with Crippen molar-refractivity contribution in [2.75, 3.05) is 13.7 Å². The number of nitrogens with zero attached hydrogens (tertiary/aromatic N) is 2. The number of aromatic nitrogens is 2. The predicted octanol–water partition coefficient (Wildman–Crippen LogP) is 1.87. The maximum Gasteiger partial charge on any atom is 0.128 e. The van der Waals surface area contributed by atoms with Crippen LogP contribution in [0.25, 0.3) is 11.0 Å². The van der Waals surface area contributed by atoms with Gasteiger partial charge in [-0.3, -0.25) is 0 Å². The van der Waals surface area contributed by atoms with Crippen LogP contribution in [0.2, 0.25) is 5.02 Å². The molecule has 86 valence electrons. The van der Waals surface area contributed by atoms with E-state index in [-0.39, 0.29) is 6.04 Å². The molecule has 1 aromatic heterocycles. The number of nitrogens with two attached hydrogens (primary N) is 1. The minimum absolute atomic E-state index is 0.221. The van der Waals surface area contributed by atoms with Gasteiger partial charge >= 0.3 is 0 Å². The SMILES string of the molecule is COCC(N)c1nc2ccc(Cl)cc2n1C. The fourth-order valence-electron chi connectivity index (χ4n) is 1.77. The van der Waals surface area contributed by atoms with Crippen molar-refractivity contribution in [1.82, 2.24) is 9.55 Å². The highest BCUT2D eigenvalue weighted by Gasteiger charge is 2.14. The van der Waals surface area contributed by atoms with Crippen molar-refractivity contribution in [3.63, 3.8) is 0 Å². The first kappa shape index (κ1) is 11.4. The quantitative estimate of drug-likeness (QED) is 0.890. The molecule has 1 heterocycles. The second-order valence-electron chi connectivity index (χ2n) is 3.72. The van der Waals surface area contributed by atoms with Crippen LogP contribution in [0.4, 0.5) is 0 Å². The molecule has 0 radical (unpaired) electrons. The summed E-state index contributed by atoms with van der Waals surface area (Å²) in [6, 6.07) is 5.37. The molecule has 16 heavy (non-hydrogen) atoms. The Bertz CT molecular complexity index is 509. The Hall–Kier alpha value is -1.10. The van der Waals surface area contributed by atoms with Crippen molar-refractivity contribution in [2.24, 2.45) is 12.8 Å². The monoisotopic (exact) mass is 239 g/mol. The minimum Gasteiger partial charge on any atom is -0.383 e. The van der Waals surface area contributed by atoms with Crippen LogP contribution < -0.4 is 5.73 Å². The molecule has 4 nitrogen and oxygen atoms in total. The van der Waals surface area contributed by atoms with Crippen LogP contribution in [0.5, 0.6) is 0 Å². The molecule has 2 rings (SSSR count). The number of halogens is 1. The fourth-order valence-corrected chi connectivity index (χ4v) is 1.93. The number of aryl methyl sites for hydroxylation is 1. The van der Waals surface area contributed by atoms with Gasteiger partial charge < -0.3 is 15.0 Å². The summed E-state index contributed by atoms with van der Waals surface area (Å²) in [6.07, 6.45) is 0. The average Bonchev–Trinajstić information content (AvgIpc) is 2.57. The van der Waals surface area contributed by atoms with E-state index in [1.165, 1.54) is 0 Å². The Morgan fingerprint density at radius 3 is 3.00 bits per heavy atom. The van der Waals surface area contributed by atoms with Gasteiger partial charge in [0.2, 0.25) is 0 Å². The molecule has 0 spiro atoms. The molecule has 0 bridgehead atoms. The highest BCUT2D eigenvalue weighted by Crippen LogP contribution is 2.22. The molecule has 5 heteroatoms. The molecule has 0 aliphatic rings. The average molecular weight is 240 g/mol. The van der Waals surface area contributed by atoms with Crippen LogP contribution in [-0.4, -0.2) is 23.3 Å². The first-order chi connectivity index (χ1) is 7.63. The van der Waals surface area contributed by atoms with Crippen molar-refractivity contribution in [3.05, 3.63) is 29.0 Å². The Kier molecular flexibility index (Phi) is 3.14. The van der Waals surface area contributed by atoms with Gasteiger partial charge in [0, 0.05) is 19.2 Å². The normalized spacial score (nSPS) is 13.2. The summed E-state index contributed by atoms with van der Waals surface area (Å²) < 4.78 is 6.98. The Morgan fingerprint density at radius 2 is 2.31 bits per heavy atom. The van der Waals surface area contributed by atoms with Gasteiger partial charge in [-0.2, -0.15) is 0 Å². The molecule has 1 aromatic carbocycles. The summed E-state index contributed by atoms with van der Waals surface area (Å²) in [6.45, 7) is 0.449. The second-order valence-corrected chi connectivity index (χ2v) is 4.16. The van der Waals surface area contributed by atoms with Crippen molar-refractivity contribution in [2.45, 2.75) is 6.04 Å². The van der Waals surface area contributed by atoms with E-state index in [1.807, 2.05) is 29.8 Å². The lowest BCUT2D eigenvalue weighted by Crippen LogP contribution is -2.20. The highest BCUT2D eigenvalue weighted by atomic mass is 35.5. The van der Waals surface area contributed by atoms with E-state index in [9.17, 15) is 0 Å². The van der Waals surface area contributed by atoms with Crippen LogP contribution in [0.1, 0.15) is 11.9 Å². The maximum absolute atomic E-state index is 5.97. The number of methoxy groups -OCH3 is 1. The van der Waals surface area contributed by atoms with E-state index in [0.29, 0.717) is 11.6 Å². The molecule has 0 aliphatic carbocycles. The number of benzene rings is 1. The van der Waals surface area contributed by atoms with Crippen LogP contribution in [-0.2, 0) is 11.8 Å². The van der Waals surface area contributed by atoms with Crippen LogP contribution in [0.3, 0.4) is 0 Å². The molecular weight excluding hydrogens is 226 g/mol. The van der Waals surface area contributed by atoms with Crippen molar-refractivity contribution < 1.29 is 4.74 Å². The van der Waals surface area contributed by atoms with Crippen molar-refractivity contribution in [1.29, 1.82) is 0 Å². The molecule has 0 saturated carbocycles. The van der Waals surface area contributed by atoms with E-state index < -0.39 is 0 Å². The summed E-state index contributed by atoms with van der Waals surface area (Å²) >= 11 is 5.94. The first-order valence-electron chi connectivity index (χ1n) is 5.00. The third-order valence-corrected chi connectivity index (χ3v) is 2.79. The van der Waals surface area contributed by atoms with Gasteiger partial charge in [0.1, 0.15) is 5.82 Å². The van der Waals surface area contributed by atoms with E-state index in [1.54, 1.807) is 7.11 Å². The molecule has 2 aromatic rings. The number of ether oxygens (including phenoxy) is 1. The predicted molar refractivity (Wildman–Crippen MR) is 64.5 cm³/mol. The standard InChI is InChI=1S/C11H14ClN3O/c1-15-10-5-7(12)3-4-9(10)14-11(15)8(13)6-16-2/h3-5,8H,6,13H2,1-2H3. The van der Waals surface area contributed by atoms with Crippen molar-refractivity contribution >= 4 is 22.6 Å². The number of fused-ring (bicyclic) bond motifs is 1. The summed E-state index contributed by atoms with van der Waals surface area (Å²) in [5, 5.41) is 0.697. The number of imidazole rings is 1. The largest absolute Gasteiger partial charge is 0.383 e. The second kappa shape index (κ2) is 4.41. The maximum atomic E-state index is 5.97. The highest BCUT2D eigenvalue weighted by molar-refractivity contribution is 6.31. The summed E-state index contributed by atoms with van der Waals surface area (Å²) in [4.78, 5) is 4.47. The molecule has 1 unspecified atom stereocenters. The van der Waals surface area contributed by atoms with E-state index >= 15 is 0 Å². The van der Waals surface area contributed by atoms with Gasteiger partial charge in [0.25, 0.3) is 0 Å². The smallest absolute Gasteiger partial charge is 0.128 e. The van der Waals surface area contributed by atoms with Crippen LogP contribution in [0.15, 0.2) is 18.2 Å². The molecular formula is C11H14ClN3O. The topological polar surface area (TPSA) is 53.1 Å². The molecule has 0 saturated heterocycles. The van der Waals surface area contributed by atoms with Gasteiger partial charge in [-0.05, 0) is 18.2 Å². The van der Waals surface area contributed by atoms with Crippen molar-refractivity contribution in [3.8, 4) is 0 Å². The lowest BCUT2D eigenvalue weighted by atomic mass is 10.3. The van der Waals surface area contributed by atoms with Crippen LogP contribution in [0, 0.1) is 0 Å². The van der Waals surface area contributed by atoms with Gasteiger partial charge in [-0.1, -0.05) is 11.6 Å². The minimum atomic E-state index is -0.221. The number of hydrogen-bond donors (Lipinski definition) is 1. The summed E-state index contributed by atoms with van der Waals surface area (Å²) in [5.74, 6) is 0.805. The zero-order chi connectivity index (χ0) is 11.7. The Labute approximate surface area is 99.0 Å². The van der Waals surface area contributed by atoms with Gasteiger partial charge in [0.05, 0.1) is 23.7 Å².